The van der Waals surface area contributed by atoms with Crippen LogP contribution in [0.25, 0.3) is 10.9 Å². The number of rotatable bonds is 5. The highest BCUT2D eigenvalue weighted by Crippen LogP contribution is 2.62. The Labute approximate surface area is 207 Å². The zero-order valence-electron chi connectivity index (χ0n) is 21.3. The number of pyridine rings is 1. The molecule has 2 aromatic rings. The lowest BCUT2D eigenvalue weighted by atomic mass is 9.67. The monoisotopic (exact) mass is 491 g/mol. The summed E-state index contributed by atoms with van der Waals surface area (Å²) < 4.78 is 13.0. The first-order valence-corrected chi connectivity index (χ1v) is 15.3. The van der Waals surface area contributed by atoms with Gasteiger partial charge >= 0.3 is 0 Å². The molecule has 184 valence electrons. The minimum atomic E-state index is -1.95. The Morgan fingerprint density at radius 2 is 1.91 bits per heavy atom. The van der Waals surface area contributed by atoms with Gasteiger partial charge in [0.15, 0.2) is 8.32 Å². The van der Waals surface area contributed by atoms with Crippen LogP contribution in [0.3, 0.4) is 0 Å². The predicted octanol–water partition coefficient (Wildman–Crippen LogP) is 4.95. The van der Waals surface area contributed by atoms with Gasteiger partial charge in [0.25, 0.3) is 0 Å². The third-order valence-corrected chi connectivity index (χ3v) is 13.5. The van der Waals surface area contributed by atoms with E-state index >= 15 is 0 Å². The maximum absolute atomic E-state index is 14.0. The fourth-order valence-corrected chi connectivity index (χ4v) is 7.03. The van der Waals surface area contributed by atoms with E-state index in [-0.39, 0.29) is 16.9 Å². The number of carbonyl (C=O) groups is 2. The average molecular weight is 492 g/mol. The molecule has 0 saturated carbocycles. The number of nitrogens with zero attached hydrogens (tertiary/aromatic N) is 3. The lowest BCUT2D eigenvalue weighted by molar-refractivity contribution is -0.131. The number of nitriles is 1. The second-order valence-electron chi connectivity index (χ2n) is 11.9. The van der Waals surface area contributed by atoms with Crippen molar-refractivity contribution in [2.75, 3.05) is 11.5 Å². The molecule has 35 heavy (non-hydrogen) atoms. The molecule has 3 saturated heterocycles. The Bertz CT molecular complexity index is 1280. The van der Waals surface area contributed by atoms with Crippen LogP contribution in [-0.4, -0.2) is 42.9 Å². The van der Waals surface area contributed by atoms with Crippen molar-refractivity contribution >= 4 is 36.7 Å². The second kappa shape index (κ2) is 7.70. The fourth-order valence-electron chi connectivity index (χ4n) is 5.99. The molecule has 2 unspecified atom stereocenters. The molecule has 0 aliphatic carbocycles. The van der Waals surface area contributed by atoms with E-state index in [2.05, 4.69) is 44.9 Å². The summed E-state index contributed by atoms with van der Waals surface area (Å²) in [5.74, 6) is -1.48. The van der Waals surface area contributed by atoms with Gasteiger partial charge in [-0.05, 0) is 68.6 Å². The molecule has 8 heteroatoms. The van der Waals surface area contributed by atoms with Crippen LogP contribution >= 0.6 is 0 Å². The number of imide groups is 1. The van der Waals surface area contributed by atoms with Crippen LogP contribution in [-0.2, 0) is 18.8 Å². The SMILES string of the molecule is CC12CCC(CCO[Si](C)(C)C(C)(C)C)(O1)[C@H]1C(=O)N(c3ccc(C#N)c4ncccc34)C(=O)[C@H]12. The van der Waals surface area contributed by atoms with E-state index < -0.39 is 31.4 Å². The van der Waals surface area contributed by atoms with Crippen LogP contribution in [0.5, 0.6) is 0 Å². The van der Waals surface area contributed by atoms with E-state index in [9.17, 15) is 14.9 Å². The van der Waals surface area contributed by atoms with Gasteiger partial charge in [0.05, 0.1) is 39.8 Å². The maximum Gasteiger partial charge on any atom is 0.240 e. The largest absolute Gasteiger partial charge is 0.417 e. The van der Waals surface area contributed by atoms with E-state index in [0.717, 1.165) is 12.8 Å². The quantitative estimate of drug-likeness (QED) is 0.434. The first kappa shape index (κ1) is 24.1. The summed E-state index contributed by atoms with van der Waals surface area (Å²) in [5.41, 5.74) is 0.0479. The van der Waals surface area contributed by atoms with Gasteiger partial charge in [0.2, 0.25) is 11.8 Å². The fraction of sp³-hybridized carbons (Fsp3) is 0.556. The molecule has 0 radical (unpaired) electrons. The highest BCUT2D eigenvalue weighted by atomic mass is 28.4. The third kappa shape index (κ3) is 3.40. The zero-order chi connectivity index (χ0) is 25.4. The van der Waals surface area contributed by atoms with Gasteiger partial charge in [0, 0.05) is 18.2 Å². The van der Waals surface area contributed by atoms with E-state index in [1.54, 1.807) is 24.4 Å². The molecule has 4 heterocycles. The number of hydrogen-bond acceptors (Lipinski definition) is 6. The molecule has 2 amide bonds. The standard InChI is InChI=1S/C27H33N3O4Si/c1-25(2,3)35(5,6)33-15-13-27-12-11-26(4,34-27)20-21(27)24(32)30(23(20)31)19-10-9-17(16-28)22-18(19)8-7-14-29-22/h7-10,14,20-21H,11-13,15H2,1-6H3/t20-,21+,26?,27?/m0/s1. The van der Waals surface area contributed by atoms with Crippen molar-refractivity contribution in [2.45, 2.75) is 76.3 Å². The van der Waals surface area contributed by atoms with Crippen LogP contribution in [0, 0.1) is 23.2 Å². The van der Waals surface area contributed by atoms with E-state index in [4.69, 9.17) is 9.16 Å². The summed E-state index contributed by atoms with van der Waals surface area (Å²) in [5, 5.41) is 10.2. The molecule has 3 aliphatic heterocycles. The first-order valence-electron chi connectivity index (χ1n) is 12.4. The van der Waals surface area contributed by atoms with Crippen molar-refractivity contribution in [1.29, 1.82) is 5.26 Å². The minimum Gasteiger partial charge on any atom is -0.417 e. The van der Waals surface area contributed by atoms with E-state index in [0.29, 0.717) is 35.2 Å². The number of benzene rings is 1. The van der Waals surface area contributed by atoms with E-state index in [1.807, 2.05) is 13.0 Å². The summed E-state index contributed by atoms with van der Waals surface area (Å²) in [6.45, 7) is 13.6. The van der Waals surface area contributed by atoms with E-state index in [1.165, 1.54) is 4.90 Å². The second-order valence-corrected chi connectivity index (χ2v) is 16.8. The topological polar surface area (TPSA) is 92.5 Å². The number of carbonyl (C=O) groups excluding carboxylic acids is 2. The van der Waals surface area contributed by atoms with Gasteiger partial charge in [-0.1, -0.05) is 20.8 Å². The minimum absolute atomic E-state index is 0.0918. The Kier molecular flexibility index (Phi) is 5.30. The van der Waals surface area contributed by atoms with Crippen molar-refractivity contribution in [1.82, 2.24) is 4.98 Å². The van der Waals surface area contributed by atoms with Crippen molar-refractivity contribution in [2.24, 2.45) is 11.8 Å². The van der Waals surface area contributed by atoms with Gasteiger partial charge in [-0.3, -0.25) is 14.6 Å². The molecule has 1 aromatic heterocycles. The molecule has 1 aromatic carbocycles. The smallest absolute Gasteiger partial charge is 0.240 e. The van der Waals surface area contributed by atoms with Crippen molar-refractivity contribution in [3.63, 3.8) is 0 Å². The normalized spacial score (nSPS) is 30.3. The van der Waals surface area contributed by atoms with Gasteiger partial charge in [0.1, 0.15) is 6.07 Å². The molecule has 3 aliphatic rings. The molecule has 4 atom stereocenters. The number of aromatic nitrogens is 1. The van der Waals surface area contributed by atoms with Crippen molar-refractivity contribution in [3.8, 4) is 6.07 Å². The first-order chi connectivity index (χ1) is 16.4. The lowest BCUT2D eigenvalue weighted by Crippen LogP contribution is -2.45. The summed E-state index contributed by atoms with van der Waals surface area (Å²) in [6, 6.07) is 9.04. The Hall–Kier alpha value is -2.60. The Balaban J connectivity index is 1.49. The van der Waals surface area contributed by atoms with Gasteiger partial charge in [-0.2, -0.15) is 5.26 Å². The van der Waals surface area contributed by atoms with Gasteiger partial charge in [-0.25, -0.2) is 4.90 Å². The molecule has 7 nitrogen and oxygen atoms in total. The third-order valence-electron chi connectivity index (χ3n) is 8.91. The molecular weight excluding hydrogens is 458 g/mol. The number of anilines is 1. The van der Waals surface area contributed by atoms with Crippen LogP contribution in [0.15, 0.2) is 30.5 Å². The van der Waals surface area contributed by atoms with Crippen LogP contribution in [0.1, 0.15) is 52.5 Å². The summed E-state index contributed by atoms with van der Waals surface area (Å²) in [7, 11) is -1.95. The van der Waals surface area contributed by atoms with Crippen LogP contribution in [0.4, 0.5) is 5.69 Å². The number of fused-ring (bicyclic) bond motifs is 6. The van der Waals surface area contributed by atoms with Crippen LogP contribution < -0.4 is 4.90 Å². The predicted molar refractivity (Wildman–Crippen MR) is 135 cm³/mol. The molecule has 0 spiro atoms. The molecule has 0 N–H and O–H groups in total. The molecule has 2 bridgehead atoms. The number of hydrogen-bond donors (Lipinski definition) is 0. The maximum atomic E-state index is 14.0. The number of ether oxygens (including phenoxy) is 1. The van der Waals surface area contributed by atoms with Crippen molar-refractivity contribution < 1.29 is 18.8 Å². The molecule has 5 rings (SSSR count). The van der Waals surface area contributed by atoms with Gasteiger partial charge in [-0.15, -0.1) is 0 Å². The van der Waals surface area contributed by atoms with Gasteiger partial charge < -0.3 is 9.16 Å². The van der Waals surface area contributed by atoms with Crippen molar-refractivity contribution in [3.05, 3.63) is 36.0 Å². The highest BCUT2D eigenvalue weighted by molar-refractivity contribution is 6.74. The molecule has 3 fully saturated rings. The zero-order valence-corrected chi connectivity index (χ0v) is 22.3. The number of amides is 2. The summed E-state index contributed by atoms with van der Waals surface area (Å²) in [6.07, 6.45) is 3.70. The lowest BCUT2D eigenvalue weighted by Gasteiger charge is -2.38. The van der Waals surface area contributed by atoms with Crippen LogP contribution in [0.2, 0.25) is 18.1 Å². The Morgan fingerprint density at radius 1 is 1.20 bits per heavy atom. The average Bonchev–Trinajstić information content (AvgIpc) is 3.37. The summed E-state index contributed by atoms with van der Waals surface area (Å²) in [4.78, 5) is 33.5. The molecular formula is C27H33N3O4Si. The summed E-state index contributed by atoms with van der Waals surface area (Å²) >= 11 is 0. The highest BCUT2D eigenvalue weighted by Gasteiger charge is 2.73. The Morgan fingerprint density at radius 3 is 2.60 bits per heavy atom.